The van der Waals surface area contributed by atoms with E-state index in [-0.39, 0.29) is 18.5 Å². The zero-order valence-electron chi connectivity index (χ0n) is 11.0. The van der Waals surface area contributed by atoms with Crippen LogP contribution >= 0.6 is 0 Å². The molecule has 0 saturated heterocycles. The number of amides is 1. The van der Waals surface area contributed by atoms with Gasteiger partial charge in [0, 0.05) is 0 Å². The quantitative estimate of drug-likeness (QED) is 0.889. The van der Waals surface area contributed by atoms with E-state index in [0.717, 1.165) is 11.1 Å². The van der Waals surface area contributed by atoms with Gasteiger partial charge in [-0.2, -0.15) is 0 Å². The van der Waals surface area contributed by atoms with Gasteiger partial charge in [0.25, 0.3) is 0 Å². The molecule has 0 aromatic heterocycles. The van der Waals surface area contributed by atoms with Gasteiger partial charge in [0.2, 0.25) is 5.91 Å². The number of rotatable bonds is 5. The number of nitrogens with two attached hydrogens (primary N) is 1. The standard InChI is InChI=1S/C16H18N2O/c1-18(12-15(17)19)16(13-8-4-2-5-9-13)14-10-6-3-7-11-14/h2-11,16H,12H2,1H3,(H2,17,19). The van der Waals surface area contributed by atoms with Gasteiger partial charge in [-0.3, -0.25) is 9.69 Å². The van der Waals surface area contributed by atoms with Crippen molar-refractivity contribution in [2.24, 2.45) is 5.73 Å². The maximum Gasteiger partial charge on any atom is 0.231 e. The molecule has 0 aliphatic rings. The van der Waals surface area contributed by atoms with Gasteiger partial charge in [0.05, 0.1) is 12.6 Å². The van der Waals surface area contributed by atoms with Crippen molar-refractivity contribution in [1.29, 1.82) is 0 Å². The summed E-state index contributed by atoms with van der Waals surface area (Å²) in [4.78, 5) is 13.1. The van der Waals surface area contributed by atoms with Gasteiger partial charge in [0.15, 0.2) is 0 Å². The van der Waals surface area contributed by atoms with Crippen molar-refractivity contribution in [1.82, 2.24) is 4.90 Å². The molecule has 19 heavy (non-hydrogen) atoms. The zero-order chi connectivity index (χ0) is 13.7. The number of nitrogens with zero attached hydrogens (tertiary/aromatic N) is 1. The average molecular weight is 254 g/mol. The first kappa shape index (κ1) is 13.3. The highest BCUT2D eigenvalue weighted by molar-refractivity contribution is 5.76. The monoisotopic (exact) mass is 254 g/mol. The summed E-state index contributed by atoms with van der Waals surface area (Å²) in [5, 5.41) is 0. The van der Waals surface area contributed by atoms with Crippen molar-refractivity contribution in [2.45, 2.75) is 6.04 Å². The van der Waals surface area contributed by atoms with Gasteiger partial charge in [-0.25, -0.2) is 0 Å². The Morgan fingerprint density at radius 3 is 1.79 bits per heavy atom. The lowest BCUT2D eigenvalue weighted by atomic mass is 9.97. The molecule has 0 heterocycles. The Kier molecular flexibility index (Phi) is 4.31. The van der Waals surface area contributed by atoms with Crippen LogP contribution in [0.5, 0.6) is 0 Å². The van der Waals surface area contributed by atoms with E-state index in [1.54, 1.807) is 0 Å². The van der Waals surface area contributed by atoms with Gasteiger partial charge in [-0.1, -0.05) is 60.7 Å². The smallest absolute Gasteiger partial charge is 0.231 e. The van der Waals surface area contributed by atoms with E-state index in [1.807, 2.05) is 48.3 Å². The average Bonchev–Trinajstić information content (AvgIpc) is 2.40. The van der Waals surface area contributed by atoms with Gasteiger partial charge < -0.3 is 5.73 Å². The first-order chi connectivity index (χ1) is 9.18. The Morgan fingerprint density at radius 2 is 1.42 bits per heavy atom. The molecule has 2 aromatic carbocycles. The van der Waals surface area contributed by atoms with Crippen LogP contribution in [-0.2, 0) is 4.79 Å². The maximum absolute atomic E-state index is 11.2. The van der Waals surface area contributed by atoms with E-state index in [2.05, 4.69) is 24.3 Å². The summed E-state index contributed by atoms with van der Waals surface area (Å²) < 4.78 is 0. The molecule has 0 aliphatic carbocycles. The van der Waals surface area contributed by atoms with E-state index in [4.69, 9.17) is 5.73 Å². The lowest BCUT2D eigenvalue weighted by Crippen LogP contribution is -2.34. The Labute approximate surface area is 113 Å². The van der Waals surface area contributed by atoms with E-state index in [0.29, 0.717) is 0 Å². The third kappa shape index (κ3) is 3.42. The van der Waals surface area contributed by atoms with Crippen molar-refractivity contribution in [2.75, 3.05) is 13.6 Å². The third-order valence-electron chi connectivity index (χ3n) is 3.08. The topological polar surface area (TPSA) is 46.3 Å². The minimum absolute atomic E-state index is 0.0369. The predicted octanol–water partition coefficient (Wildman–Crippen LogP) is 2.19. The van der Waals surface area contributed by atoms with Gasteiger partial charge in [-0.15, -0.1) is 0 Å². The minimum Gasteiger partial charge on any atom is -0.369 e. The minimum atomic E-state index is -0.320. The summed E-state index contributed by atoms with van der Waals surface area (Å²) in [7, 11) is 1.91. The molecule has 0 aliphatic heterocycles. The number of hydrogen-bond acceptors (Lipinski definition) is 2. The molecule has 2 aromatic rings. The molecule has 2 rings (SSSR count). The van der Waals surface area contributed by atoms with Crippen molar-refractivity contribution >= 4 is 5.91 Å². The molecule has 0 radical (unpaired) electrons. The van der Waals surface area contributed by atoms with Crippen molar-refractivity contribution < 1.29 is 4.79 Å². The van der Waals surface area contributed by atoms with Crippen LogP contribution in [-0.4, -0.2) is 24.4 Å². The maximum atomic E-state index is 11.2. The molecule has 98 valence electrons. The first-order valence-corrected chi connectivity index (χ1v) is 6.27. The molecule has 3 heteroatoms. The molecule has 3 nitrogen and oxygen atoms in total. The number of primary amides is 1. The number of likely N-dealkylation sites (N-methyl/N-ethyl adjacent to an activating group) is 1. The van der Waals surface area contributed by atoms with E-state index in [1.165, 1.54) is 0 Å². The van der Waals surface area contributed by atoms with Crippen LogP contribution < -0.4 is 5.73 Å². The number of benzene rings is 2. The van der Waals surface area contributed by atoms with Gasteiger partial charge >= 0.3 is 0 Å². The predicted molar refractivity (Wildman–Crippen MR) is 76.6 cm³/mol. The summed E-state index contributed by atoms with van der Waals surface area (Å²) in [5.74, 6) is -0.320. The number of carbonyl (C=O) groups is 1. The van der Waals surface area contributed by atoms with Crippen LogP contribution in [0.2, 0.25) is 0 Å². The van der Waals surface area contributed by atoms with Crippen LogP contribution in [0.3, 0.4) is 0 Å². The highest BCUT2D eigenvalue weighted by atomic mass is 16.1. The molecular formula is C16H18N2O. The molecule has 0 atom stereocenters. The second kappa shape index (κ2) is 6.16. The Hall–Kier alpha value is -2.13. The summed E-state index contributed by atoms with van der Waals surface area (Å²) in [5.41, 5.74) is 7.61. The number of hydrogen-bond donors (Lipinski definition) is 1. The van der Waals surface area contributed by atoms with Crippen LogP contribution in [0.15, 0.2) is 60.7 Å². The molecule has 0 saturated carbocycles. The molecular weight excluding hydrogens is 236 g/mol. The zero-order valence-corrected chi connectivity index (χ0v) is 11.0. The van der Waals surface area contributed by atoms with Crippen LogP contribution in [0, 0.1) is 0 Å². The lowest BCUT2D eigenvalue weighted by molar-refractivity contribution is -0.119. The fourth-order valence-corrected chi connectivity index (χ4v) is 2.31. The fraction of sp³-hybridized carbons (Fsp3) is 0.188. The highest BCUT2D eigenvalue weighted by Crippen LogP contribution is 2.26. The summed E-state index contributed by atoms with van der Waals surface area (Å²) in [6.07, 6.45) is 0. The fourth-order valence-electron chi connectivity index (χ4n) is 2.31. The van der Waals surface area contributed by atoms with Gasteiger partial charge in [0.1, 0.15) is 0 Å². The third-order valence-corrected chi connectivity index (χ3v) is 3.08. The largest absolute Gasteiger partial charge is 0.369 e. The molecule has 0 bridgehead atoms. The van der Waals surface area contributed by atoms with Crippen molar-refractivity contribution in [3.05, 3.63) is 71.8 Å². The molecule has 0 fully saturated rings. The molecule has 1 amide bonds. The van der Waals surface area contributed by atoms with Crippen LogP contribution in [0.4, 0.5) is 0 Å². The Bertz CT molecular complexity index is 485. The summed E-state index contributed by atoms with van der Waals surface area (Å²) in [6.45, 7) is 0.231. The normalized spacial score (nSPS) is 10.9. The van der Waals surface area contributed by atoms with E-state index in [9.17, 15) is 4.79 Å². The van der Waals surface area contributed by atoms with E-state index >= 15 is 0 Å². The highest BCUT2D eigenvalue weighted by Gasteiger charge is 2.19. The second-order valence-corrected chi connectivity index (χ2v) is 4.61. The van der Waals surface area contributed by atoms with Crippen LogP contribution in [0.25, 0.3) is 0 Å². The van der Waals surface area contributed by atoms with Gasteiger partial charge in [-0.05, 0) is 18.2 Å². The van der Waals surface area contributed by atoms with Crippen LogP contribution in [0.1, 0.15) is 17.2 Å². The molecule has 0 unspecified atom stereocenters. The second-order valence-electron chi connectivity index (χ2n) is 4.61. The molecule has 0 spiro atoms. The number of carbonyl (C=O) groups excluding carboxylic acids is 1. The Balaban J connectivity index is 2.37. The van der Waals surface area contributed by atoms with Crippen molar-refractivity contribution in [3.8, 4) is 0 Å². The summed E-state index contributed by atoms with van der Waals surface area (Å²) in [6, 6.07) is 20.3. The van der Waals surface area contributed by atoms with E-state index < -0.39 is 0 Å². The first-order valence-electron chi connectivity index (χ1n) is 6.27. The summed E-state index contributed by atoms with van der Waals surface area (Å²) >= 11 is 0. The van der Waals surface area contributed by atoms with Crippen molar-refractivity contribution in [3.63, 3.8) is 0 Å². The SMILES string of the molecule is CN(CC(N)=O)C(c1ccccc1)c1ccccc1. The molecule has 2 N–H and O–H groups in total. The lowest BCUT2D eigenvalue weighted by Gasteiger charge is -2.28. The Morgan fingerprint density at radius 1 is 1.00 bits per heavy atom.